The fourth-order valence-electron chi connectivity index (χ4n) is 3.29. The average Bonchev–Trinajstić information content (AvgIpc) is 3.05. The first-order chi connectivity index (χ1) is 14.9. The van der Waals surface area contributed by atoms with Crippen LogP contribution in [-0.4, -0.2) is 60.5 Å². The molecule has 0 unspecified atom stereocenters. The number of aliphatic hydroxyl groups is 2. The van der Waals surface area contributed by atoms with Gasteiger partial charge < -0.3 is 14.9 Å². The van der Waals surface area contributed by atoms with Crippen LogP contribution in [0.1, 0.15) is 11.1 Å². The van der Waals surface area contributed by atoms with Crippen LogP contribution in [0.4, 0.5) is 17.6 Å². The minimum Gasteiger partial charge on any atom is -0.486 e. The number of hydrogen-bond donors (Lipinski definition) is 2. The zero-order chi connectivity index (χ0) is 23.7. The summed E-state index contributed by atoms with van der Waals surface area (Å²) in [5.41, 5.74) is -2.37. The van der Waals surface area contributed by atoms with Crippen LogP contribution in [0, 0.1) is 17.1 Å². The number of hydrogen-bond acceptors (Lipinski definition) is 6. The molecule has 3 rings (SSSR count). The Labute approximate surface area is 181 Å². The monoisotopic (exact) mass is 474 g/mol. The lowest BCUT2D eigenvalue weighted by Gasteiger charge is -2.27. The van der Waals surface area contributed by atoms with Crippen molar-refractivity contribution in [2.75, 3.05) is 19.7 Å². The van der Waals surface area contributed by atoms with Crippen molar-refractivity contribution in [3.63, 3.8) is 0 Å². The fraction of sp³-hybridized carbons (Fsp3) is 0.350. The van der Waals surface area contributed by atoms with Crippen LogP contribution in [0.2, 0.25) is 0 Å². The van der Waals surface area contributed by atoms with Gasteiger partial charge in [-0.25, -0.2) is 12.8 Å². The number of aliphatic hydroxyl groups excluding tert-OH is 1. The van der Waals surface area contributed by atoms with Crippen molar-refractivity contribution in [3.05, 3.63) is 59.4 Å². The topological polar surface area (TPSA) is 111 Å². The third-order valence-electron chi connectivity index (χ3n) is 5.00. The molecule has 0 aromatic heterocycles. The quantitative estimate of drug-likeness (QED) is 0.620. The van der Waals surface area contributed by atoms with E-state index in [-0.39, 0.29) is 21.8 Å². The lowest BCUT2D eigenvalue weighted by Crippen LogP contribution is -2.48. The number of rotatable bonds is 6. The highest BCUT2D eigenvalue weighted by atomic mass is 32.2. The third kappa shape index (κ3) is 5.02. The molecule has 2 aromatic rings. The van der Waals surface area contributed by atoms with E-state index >= 15 is 0 Å². The number of nitrogens with zero attached hydrogens (tertiary/aromatic N) is 2. The van der Waals surface area contributed by atoms with Crippen LogP contribution >= 0.6 is 0 Å². The Bertz CT molecular complexity index is 1130. The summed E-state index contributed by atoms with van der Waals surface area (Å²) >= 11 is 0. The van der Waals surface area contributed by atoms with E-state index in [0.717, 1.165) is 40.7 Å². The molecule has 0 saturated carbocycles. The van der Waals surface area contributed by atoms with Gasteiger partial charge in [-0.1, -0.05) is 12.1 Å². The third-order valence-corrected chi connectivity index (χ3v) is 6.82. The Balaban J connectivity index is 1.81. The fourth-order valence-corrected chi connectivity index (χ4v) is 4.80. The predicted molar refractivity (Wildman–Crippen MR) is 103 cm³/mol. The van der Waals surface area contributed by atoms with E-state index in [0.29, 0.717) is 0 Å². The van der Waals surface area contributed by atoms with E-state index < -0.39 is 59.8 Å². The molecule has 7 nitrogen and oxygen atoms in total. The molecule has 0 spiro atoms. The van der Waals surface area contributed by atoms with Crippen molar-refractivity contribution >= 4 is 10.0 Å². The first-order valence-electron chi connectivity index (χ1n) is 9.23. The number of benzene rings is 2. The van der Waals surface area contributed by atoms with Crippen molar-refractivity contribution in [2.24, 2.45) is 0 Å². The van der Waals surface area contributed by atoms with Gasteiger partial charge in [0.05, 0.1) is 30.0 Å². The van der Waals surface area contributed by atoms with E-state index in [1.54, 1.807) is 6.07 Å². The molecule has 32 heavy (non-hydrogen) atoms. The molecule has 2 aromatic carbocycles. The predicted octanol–water partition coefficient (Wildman–Crippen LogP) is 1.98. The molecule has 2 atom stereocenters. The Morgan fingerprint density at radius 2 is 1.88 bits per heavy atom. The van der Waals surface area contributed by atoms with Gasteiger partial charge in [0.25, 0.3) is 0 Å². The minimum atomic E-state index is -4.44. The number of β-amino-alcohol motifs (C(OH)–C–C–N with tert-alkyl or cyclic N) is 1. The summed E-state index contributed by atoms with van der Waals surface area (Å²) in [5, 5.41) is 29.1. The van der Waals surface area contributed by atoms with E-state index in [1.165, 1.54) is 6.07 Å². The Morgan fingerprint density at radius 3 is 2.41 bits per heavy atom. The molecule has 0 radical (unpaired) electrons. The van der Waals surface area contributed by atoms with Gasteiger partial charge in [0.1, 0.15) is 29.3 Å². The molecule has 1 aliphatic rings. The molecular weight excluding hydrogens is 456 g/mol. The maximum absolute atomic E-state index is 13.8. The van der Waals surface area contributed by atoms with Crippen LogP contribution in [0.5, 0.6) is 5.75 Å². The summed E-state index contributed by atoms with van der Waals surface area (Å²) in [7, 11) is -4.24. The molecule has 0 aliphatic carbocycles. The lowest BCUT2D eigenvalue weighted by molar-refractivity contribution is -0.127. The molecule has 2 N–H and O–H groups in total. The Kier molecular flexibility index (Phi) is 6.48. The summed E-state index contributed by atoms with van der Waals surface area (Å²) in [6, 6.07) is 9.08. The highest BCUT2D eigenvalue weighted by molar-refractivity contribution is 7.89. The Morgan fingerprint density at radius 1 is 1.22 bits per heavy atom. The average molecular weight is 474 g/mol. The smallest absolute Gasteiger partial charge is 0.393 e. The number of halogens is 4. The minimum absolute atomic E-state index is 0.0888. The second-order valence-corrected chi connectivity index (χ2v) is 9.29. The van der Waals surface area contributed by atoms with Crippen LogP contribution in [-0.2, 0) is 16.4 Å². The van der Waals surface area contributed by atoms with E-state index in [9.17, 15) is 36.2 Å². The van der Waals surface area contributed by atoms with E-state index in [1.807, 2.05) is 0 Å². The first-order valence-corrected chi connectivity index (χ1v) is 10.7. The van der Waals surface area contributed by atoms with Crippen molar-refractivity contribution in [2.45, 2.75) is 29.2 Å². The van der Waals surface area contributed by atoms with Gasteiger partial charge in [-0.3, -0.25) is 0 Å². The first kappa shape index (κ1) is 23.9. The van der Waals surface area contributed by atoms with E-state index in [4.69, 9.17) is 10.00 Å². The summed E-state index contributed by atoms with van der Waals surface area (Å²) in [6.45, 7) is -1.84. The molecule has 172 valence electrons. The van der Waals surface area contributed by atoms with Gasteiger partial charge >= 0.3 is 6.18 Å². The van der Waals surface area contributed by atoms with Crippen molar-refractivity contribution in [1.29, 1.82) is 5.26 Å². The summed E-state index contributed by atoms with van der Waals surface area (Å²) in [5.74, 6) is -0.965. The second-order valence-electron chi connectivity index (χ2n) is 7.36. The van der Waals surface area contributed by atoms with Gasteiger partial charge in [0.15, 0.2) is 0 Å². The van der Waals surface area contributed by atoms with E-state index in [2.05, 4.69) is 0 Å². The van der Waals surface area contributed by atoms with Crippen LogP contribution in [0.3, 0.4) is 0 Å². The SMILES string of the molecule is N#Cc1ccc(O[C@H]2CN(S(=O)(=O)c3ccc(CC(F)(F)F)cc3)C[C@@]2(O)CO)cc1F. The number of nitriles is 1. The van der Waals surface area contributed by atoms with Crippen molar-refractivity contribution in [3.8, 4) is 11.8 Å². The number of alkyl halides is 3. The standard InChI is InChI=1S/C20H18F4N2O5S/c21-17-7-15(4-3-14(17)9-25)31-18-10-26(11-19(18,28)12-27)32(29,30)16-5-1-13(2-6-16)8-20(22,23)24/h1-7,18,27-28H,8,10-12H2/t18-,19+/m0/s1. The van der Waals surface area contributed by atoms with Gasteiger partial charge in [0.2, 0.25) is 10.0 Å². The largest absolute Gasteiger partial charge is 0.486 e. The normalized spacial score (nSPS) is 22.0. The van der Waals surface area contributed by atoms with Gasteiger partial charge in [-0.15, -0.1) is 0 Å². The van der Waals surface area contributed by atoms with Crippen LogP contribution in [0.25, 0.3) is 0 Å². The zero-order valence-corrected chi connectivity index (χ0v) is 17.2. The molecule has 1 aliphatic heterocycles. The summed E-state index contributed by atoms with van der Waals surface area (Å²) in [4.78, 5) is -0.297. The van der Waals surface area contributed by atoms with Crippen LogP contribution < -0.4 is 4.74 Å². The van der Waals surface area contributed by atoms with Crippen LogP contribution in [0.15, 0.2) is 47.4 Å². The second kappa shape index (κ2) is 8.67. The molecule has 1 saturated heterocycles. The lowest BCUT2D eigenvalue weighted by atomic mass is 10.0. The molecule has 1 fully saturated rings. The molecule has 1 heterocycles. The summed E-state index contributed by atoms with van der Waals surface area (Å²) in [6.07, 6.45) is -6.93. The van der Waals surface area contributed by atoms with Crippen molar-refractivity contribution < 1.29 is 40.9 Å². The van der Waals surface area contributed by atoms with Gasteiger partial charge in [-0.2, -0.15) is 22.7 Å². The zero-order valence-electron chi connectivity index (χ0n) is 16.4. The Hall–Kier alpha value is -2.72. The molecule has 0 amide bonds. The number of sulfonamides is 1. The maximum atomic E-state index is 13.8. The highest BCUT2D eigenvalue weighted by Crippen LogP contribution is 2.31. The van der Waals surface area contributed by atoms with Crippen molar-refractivity contribution in [1.82, 2.24) is 4.31 Å². The summed E-state index contributed by atoms with van der Waals surface area (Å²) < 4.78 is 83.5. The molecular formula is C20H18F4N2O5S. The van der Waals surface area contributed by atoms with Gasteiger partial charge in [-0.05, 0) is 29.8 Å². The highest BCUT2D eigenvalue weighted by Gasteiger charge is 2.50. The number of ether oxygens (including phenoxy) is 1. The maximum Gasteiger partial charge on any atom is 0.393 e. The van der Waals surface area contributed by atoms with Gasteiger partial charge in [0, 0.05) is 12.6 Å². The molecule has 12 heteroatoms. The molecule has 0 bridgehead atoms.